The summed E-state index contributed by atoms with van der Waals surface area (Å²) in [4.78, 5) is 4.54. The molecule has 7 heteroatoms. The maximum atomic E-state index is 6.19. The van der Waals surface area contributed by atoms with Gasteiger partial charge >= 0.3 is 0 Å². The molecule has 45 heavy (non-hydrogen) atoms. The molecule has 0 bridgehead atoms. The van der Waals surface area contributed by atoms with Crippen molar-refractivity contribution in [1.82, 2.24) is 10.2 Å². The molecule has 2 aliphatic heterocycles. The molecule has 3 heterocycles. The molecule has 1 aromatic heterocycles. The van der Waals surface area contributed by atoms with Crippen LogP contribution >= 0.6 is 0 Å². The Bertz CT molecular complexity index is 2040. The van der Waals surface area contributed by atoms with Gasteiger partial charge in [-0.15, -0.1) is 10.2 Å². The van der Waals surface area contributed by atoms with Crippen molar-refractivity contribution >= 4 is 34.0 Å². The number of anilines is 5. The monoisotopic (exact) mass is 586 g/mol. The Morgan fingerprint density at radius 2 is 1.07 bits per heavy atom. The molecule has 1 unspecified atom stereocenters. The minimum atomic E-state index is 0.116. The first-order valence-corrected chi connectivity index (χ1v) is 14.9. The van der Waals surface area contributed by atoms with Gasteiger partial charge in [0.2, 0.25) is 11.8 Å². The number of hydrogen-bond acceptors (Lipinski definition) is 7. The summed E-state index contributed by atoms with van der Waals surface area (Å²) >= 11 is 0. The van der Waals surface area contributed by atoms with Crippen molar-refractivity contribution in [2.75, 3.05) is 9.80 Å². The largest absolute Gasteiger partial charge is 0.453 e. The molecular formula is C38H26N4O3. The zero-order valence-electron chi connectivity index (χ0n) is 24.1. The van der Waals surface area contributed by atoms with Crippen molar-refractivity contribution in [3.8, 4) is 34.5 Å². The Morgan fingerprint density at radius 1 is 0.556 bits per heavy atom. The van der Waals surface area contributed by atoms with Gasteiger partial charge in [-0.25, -0.2) is 0 Å². The molecule has 0 saturated carbocycles. The molecule has 0 spiro atoms. The van der Waals surface area contributed by atoms with Crippen LogP contribution in [0.1, 0.15) is 12.3 Å². The lowest BCUT2D eigenvalue weighted by Gasteiger charge is -2.37. The second-order valence-electron chi connectivity index (χ2n) is 11.1. The van der Waals surface area contributed by atoms with Crippen molar-refractivity contribution in [2.45, 2.75) is 12.5 Å². The predicted octanol–water partition coefficient (Wildman–Crippen LogP) is 9.97. The lowest BCUT2D eigenvalue weighted by atomic mass is 9.99. The molecule has 0 amide bonds. The summed E-state index contributed by atoms with van der Waals surface area (Å²) in [5.41, 5.74) is 6.86. The standard InChI is InChI=1S/C38H26N4O3/c1-5-13-33-29(9-1)41(30-10-2-6-14-34(30)43-33)27-21-17-25(18-22-27)37-39-40-38(45-37)26-19-23-28(24-20-26)42-31-11-3-7-15-35(31)44-36-16-8-4-12-32(36)42/h1-23,28H,24H2. The Balaban J connectivity index is 0.967. The van der Waals surface area contributed by atoms with Crippen LogP contribution in [0, 0.1) is 0 Å². The Hall–Kier alpha value is -6.08. The Labute approximate surface area is 259 Å². The van der Waals surface area contributed by atoms with E-state index in [-0.39, 0.29) is 6.04 Å². The zero-order valence-corrected chi connectivity index (χ0v) is 24.1. The van der Waals surface area contributed by atoms with E-state index in [1.807, 2.05) is 84.9 Å². The molecule has 5 aromatic carbocycles. The molecule has 0 fully saturated rings. The van der Waals surface area contributed by atoms with E-state index in [4.69, 9.17) is 13.9 Å². The van der Waals surface area contributed by atoms with E-state index in [0.717, 1.165) is 69.0 Å². The Morgan fingerprint density at radius 3 is 1.62 bits per heavy atom. The summed E-state index contributed by atoms with van der Waals surface area (Å²) < 4.78 is 18.5. The second kappa shape index (κ2) is 10.3. The molecule has 3 aliphatic rings. The molecule has 6 aromatic rings. The van der Waals surface area contributed by atoms with Crippen LogP contribution in [0.4, 0.5) is 28.4 Å². The quantitative estimate of drug-likeness (QED) is 0.203. The normalized spacial score (nSPS) is 16.0. The van der Waals surface area contributed by atoms with Crippen LogP contribution in [0.25, 0.3) is 17.0 Å². The van der Waals surface area contributed by atoms with E-state index in [9.17, 15) is 0 Å². The molecule has 0 N–H and O–H groups in total. The van der Waals surface area contributed by atoms with Gasteiger partial charge < -0.3 is 23.7 Å². The summed E-state index contributed by atoms with van der Waals surface area (Å²) in [6.45, 7) is 0. The number of allylic oxidation sites excluding steroid dienone is 2. The predicted molar refractivity (Wildman–Crippen MR) is 175 cm³/mol. The van der Waals surface area contributed by atoms with E-state index in [1.54, 1.807) is 0 Å². The summed E-state index contributed by atoms with van der Waals surface area (Å²) in [7, 11) is 0. The van der Waals surface area contributed by atoms with Gasteiger partial charge in [-0.2, -0.15) is 0 Å². The molecule has 1 aliphatic carbocycles. The lowest BCUT2D eigenvalue weighted by molar-refractivity contribution is 0.470. The maximum Gasteiger partial charge on any atom is 0.248 e. The van der Waals surface area contributed by atoms with Crippen LogP contribution < -0.4 is 19.3 Å². The fraction of sp³-hybridized carbons (Fsp3) is 0.0526. The van der Waals surface area contributed by atoms with Crippen molar-refractivity contribution in [3.63, 3.8) is 0 Å². The number of rotatable bonds is 4. The van der Waals surface area contributed by atoms with Gasteiger partial charge in [0.05, 0.1) is 28.8 Å². The van der Waals surface area contributed by atoms with Crippen LogP contribution in [0.3, 0.4) is 0 Å². The highest BCUT2D eigenvalue weighted by Crippen LogP contribution is 2.51. The van der Waals surface area contributed by atoms with E-state index in [0.29, 0.717) is 11.8 Å². The van der Waals surface area contributed by atoms with Crippen LogP contribution in [0.15, 0.2) is 144 Å². The molecule has 1 atom stereocenters. The summed E-state index contributed by atoms with van der Waals surface area (Å²) in [5, 5.41) is 8.79. The van der Waals surface area contributed by atoms with Gasteiger partial charge in [0.1, 0.15) is 0 Å². The Kier molecular flexibility index (Phi) is 5.81. The van der Waals surface area contributed by atoms with E-state index in [1.165, 1.54) is 0 Å². The molecule has 0 radical (unpaired) electrons. The fourth-order valence-electron chi connectivity index (χ4n) is 6.24. The summed E-state index contributed by atoms with van der Waals surface area (Å²) in [5.74, 6) is 4.33. The molecular weight excluding hydrogens is 560 g/mol. The smallest absolute Gasteiger partial charge is 0.248 e. The number of hydrogen-bond donors (Lipinski definition) is 0. The van der Waals surface area contributed by atoms with Gasteiger partial charge in [0, 0.05) is 16.8 Å². The summed E-state index contributed by atoms with van der Waals surface area (Å²) in [6, 6.07) is 40.7. The summed E-state index contributed by atoms with van der Waals surface area (Å²) in [6.07, 6.45) is 7.22. The van der Waals surface area contributed by atoms with Gasteiger partial charge in [-0.1, -0.05) is 66.8 Å². The molecule has 7 nitrogen and oxygen atoms in total. The third-order valence-electron chi connectivity index (χ3n) is 8.35. The number of fused-ring (bicyclic) bond motifs is 4. The third-order valence-corrected chi connectivity index (χ3v) is 8.35. The van der Waals surface area contributed by atoms with Crippen molar-refractivity contribution in [1.29, 1.82) is 0 Å². The minimum Gasteiger partial charge on any atom is -0.453 e. The van der Waals surface area contributed by atoms with Gasteiger partial charge in [0.25, 0.3) is 0 Å². The van der Waals surface area contributed by atoms with Gasteiger partial charge in [0.15, 0.2) is 23.0 Å². The highest BCUT2D eigenvalue weighted by molar-refractivity contribution is 5.86. The topological polar surface area (TPSA) is 63.9 Å². The highest BCUT2D eigenvalue weighted by Gasteiger charge is 2.30. The van der Waals surface area contributed by atoms with Crippen molar-refractivity contribution in [3.05, 3.63) is 145 Å². The van der Waals surface area contributed by atoms with Gasteiger partial charge in [-0.05, 0) is 79.2 Å². The van der Waals surface area contributed by atoms with Crippen molar-refractivity contribution in [2.24, 2.45) is 0 Å². The second-order valence-corrected chi connectivity index (χ2v) is 11.1. The van der Waals surface area contributed by atoms with Crippen LogP contribution in [-0.4, -0.2) is 16.2 Å². The SMILES string of the molecule is C1=CC(N2c3ccccc3Oc3ccccc32)CC=C1c1nnc(-c2ccc(N3c4ccccc4Oc4ccccc43)cc2)o1. The lowest BCUT2D eigenvalue weighted by Crippen LogP contribution is -2.32. The van der Waals surface area contributed by atoms with Crippen LogP contribution in [0.5, 0.6) is 23.0 Å². The third kappa shape index (κ3) is 4.28. The fourth-order valence-corrected chi connectivity index (χ4v) is 6.24. The average molecular weight is 587 g/mol. The average Bonchev–Trinajstić information content (AvgIpc) is 3.60. The minimum absolute atomic E-state index is 0.116. The van der Waals surface area contributed by atoms with Crippen LogP contribution in [0.2, 0.25) is 0 Å². The first-order valence-electron chi connectivity index (χ1n) is 14.9. The van der Waals surface area contributed by atoms with Crippen LogP contribution in [-0.2, 0) is 0 Å². The van der Waals surface area contributed by atoms with Gasteiger partial charge in [-0.3, -0.25) is 0 Å². The highest BCUT2D eigenvalue weighted by atomic mass is 16.5. The molecule has 216 valence electrons. The van der Waals surface area contributed by atoms with E-state index < -0.39 is 0 Å². The number of nitrogens with zero attached hydrogens (tertiary/aromatic N) is 4. The molecule has 0 saturated heterocycles. The molecule has 9 rings (SSSR count). The number of para-hydroxylation sites is 8. The zero-order chi connectivity index (χ0) is 29.7. The van der Waals surface area contributed by atoms with Crippen molar-refractivity contribution < 1.29 is 13.9 Å². The number of ether oxygens (including phenoxy) is 2. The first kappa shape index (κ1) is 25.4. The number of benzene rings is 5. The maximum absolute atomic E-state index is 6.19. The van der Waals surface area contributed by atoms with E-state index >= 15 is 0 Å². The number of aromatic nitrogens is 2. The van der Waals surface area contributed by atoms with E-state index in [2.05, 4.69) is 74.6 Å². The first-order chi connectivity index (χ1) is 22.3.